The maximum absolute atomic E-state index is 12.5. The third kappa shape index (κ3) is 5.54. The SMILES string of the molecule is CCCCCNc1cnc(C(=O)Nc2ccccc2Oc2ccccc2)cn1. The second-order valence-electron chi connectivity index (χ2n) is 6.29. The molecule has 0 aliphatic heterocycles. The summed E-state index contributed by atoms with van der Waals surface area (Å²) in [4.78, 5) is 21.0. The third-order valence-electron chi connectivity index (χ3n) is 4.08. The number of aromatic nitrogens is 2. The van der Waals surface area contributed by atoms with E-state index in [9.17, 15) is 4.79 Å². The molecule has 0 bridgehead atoms. The Bertz CT molecular complexity index is 883. The quantitative estimate of drug-likeness (QED) is 0.507. The molecule has 1 aromatic heterocycles. The Hall–Kier alpha value is -3.41. The van der Waals surface area contributed by atoms with Gasteiger partial charge in [0.25, 0.3) is 5.91 Å². The van der Waals surface area contributed by atoms with E-state index in [1.54, 1.807) is 18.3 Å². The van der Waals surface area contributed by atoms with Crippen molar-refractivity contribution >= 4 is 17.4 Å². The number of amides is 1. The van der Waals surface area contributed by atoms with Crippen LogP contribution in [-0.4, -0.2) is 22.4 Å². The molecule has 3 rings (SSSR count). The molecule has 1 amide bonds. The number of nitrogens with one attached hydrogen (secondary N) is 2. The van der Waals surface area contributed by atoms with E-state index in [1.165, 1.54) is 19.0 Å². The summed E-state index contributed by atoms with van der Waals surface area (Å²) >= 11 is 0. The first-order valence-electron chi connectivity index (χ1n) is 9.45. The molecule has 144 valence electrons. The minimum atomic E-state index is -0.339. The van der Waals surface area contributed by atoms with E-state index < -0.39 is 0 Å². The summed E-state index contributed by atoms with van der Waals surface area (Å²) in [6, 6.07) is 16.7. The van der Waals surface area contributed by atoms with Gasteiger partial charge in [-0.25, -0.2) is 9.97 Å². The first-order chi connectivity index (χ1) is 13.8. The van der Waals surface area contributed by atoms with E-state index in [0.717, 1.165) is 13.0 Å². The molecule has 0 aliphatic carbocycles. The van der Waals surface area contributed by atoms with Crippen molar-refractivity contribution in [2.75, 3.05) is 17.2 Å². The van der Waals surface area contributed by atoms with Gasteiger partial charge in [-0.05, 0) is 30.7 Å². The second kappa shape index (κ2) is 10.1. The number of nitrogens with zero attached hydrogens (tertiary/aromatic N) is 2. The Morgan fingerprint density at radius 3 is 2.50 bits per heavy atom. The number of para-hydroxylation sites is 3. The van der Waals surface area contributed by atoms with Crippen molar-refractivity contribution < 1.29 is 9.53 Å². The standard InChI is InChI=1S/C22H24N4O2/c1-2-3-9-14-23-21-16-24-19(15-25-21)22(27)26-18-12-7-8-13-20(18)28-17-10-5-4-6-11-17/h4-8,10-13,15-16H,2-3,9,14H2,1H3,(H,23,25)(H,26,27). The molecule has 0 aliphatic rings. The van der Waals surface area contributed by atoms with Gasteiger partial charge in [0.2, 0.25) is 0 Å². The van der Waals surface area contributed by atoms with E-state index >= 15 is 0 Å². The Morgan fingerprint density at radius 1 is 0.964 bits per heavy atom. The fraction of sp³-hybridized carbons (Fsp3) is 0.227. The summed E-state index contributed by atoms with van der Waals surface area (Å²) in [5, 5.41) is 6.05. The van der Waals surface area contributed by atoms with Crippen LogP contribution >= 0.6 is 0 Å². The molecule has 0 fully saturated rings. The fourth-order valence-electron chi connectivity index (χ4n) is 2.59. The van der Waals surface area contributed by atoms with Crippen LogP contribution in [0.2, 0.25) is 0 Å². The Balaban J connectivity index is 1.63. The summed E-state index contributed by atoms with van der Waals surface area (Å²) in [6.45, 7) is 3.01. The Labute approximate surface area is 165 Å². The van der Waals surface area contributed by atoms with Crippen molar-refractivity contribution in [2.24, 2.45) is 0 Å². The van der Waals surface area contributed by atoms with Gasteiger partial charge >= 0.3 is 0 Å². The van der Waals surface area contributed by atoms with Gasteiger partial charge in [0.15, 0.2) is 5.75 Å². The maximum atomic E-state index is 12.5. The molecule has 3 aromatic rings. The van der Waals surface area contributed by atoms with Gasteiger partial charge < -0.3 is 15.4 Å². The van der Waals surface area contributed by atoms with Crippen molar-refractivity contribution in [2.45, 2.75) is 26.2 Å². The molecule has 6 nitrogen and oxygen atoms in total. The number of carbonyl (C=O) groups is 1. The van der Waals surface area contributed by atoms with Crippen LogP contribution in [0.4, 0.5) is 11.5 Å². The number of benzene rings is 2. The van der Waals surface area contributed by atoms with E-state index in [1.807, 2.05) is 42.5 Å². The highest BCUT2D eigenvalue weighted by molar-refractivity contribution is 6.03. The van der Waals surface area contributed by atoms with Gasteiger partial charge in [0.05, 0.1) is 18.1 Å². The first-order valence-corrected chi connectivity index (χ1v) is 9.45. The van der Waals surface area contributed by atoms with Gasteiger partial charge in [-0.2, -0.15) is 0 Å². The zero-order chi connectivity index (χ0) is 19.6. The van der Waals surface area contributed by atoms with E-state index in [-0.39, 0.29) is 11.6 Å². The number of hydrogen-bond acceptors (Lipinski definition) is 5. The van der Waals surface area contributed by atoms with Crippen LogP contribution in [0.1, 0.15) is 36.7 Å². The van der Waals surface area contributed by atoms with Crippen LogP contribution in [0, 0.1) is 0 Å². The number of hydrogen-bond donors (Lipinski definition) is 2. The normalized spacial score (nSPS) is 10.3. The average Bonchev–Trinajstić information content (AvgIpc) is 2.74. The smallest absolute Gasteiger partial charge is 0.275 e. The highest BCUT2D eigenvalue weighted by Crippen LogP contribution is 2.29. The zero-order valence-electron chi connectivity index (χ0n) is 15.9. The lowest BCUT2D eigenvalue weighted by Crippen LogP contribution is -2.15. The molecule has 0 saturated carbocycles. The van der Waals surface area contributed by atoms with Crippen molar-refractivity contribution in [1.29, 1.82) is 0 Å². The van der Waals surface area contributed by atoms with Crippen LogP contribution in [-0.2, 0) is 0 Å². The zero-order valence-corrected chi connectivity index (χ0v) is 15.9. The van der Waals surface area contributed by atoms with Crippen LogP contribution in [0.3, 0.4) is 0 Å². The molecule has 0 radical (unpaired) electrons. The molecular formula is C22H24N4O2. The topological polar surface area (TPSA) is 76.1 Å². The number of rotatable bonds is 9. The maximum Gasteiger partial charge on any atom is 0.275 e. The summed E-state index contributed by atoms with van der Waals surface area (Å²) in [5.41, 5.74) is 0.813. The first kappa shape index (κ1) is 19.4. The molecule has 0 saturated heterocycles. The van der Waals surface area contributed by atoms with Gasteiger partial charge in [0.1, 0.15) is 17.3 Å². The number of unbranched alkanes of at least 4 members (excludes halogenated alkanes) is 2. The summed E-state index contributed by atoms with van der Waals surface area (Å²) in [5.74, 6) is 1.58. The molecule has 2 N–H and O–H groups in total. The molecule has 0 spiro atoms. The number of anilines is 2. The van der Waals surface area contributed by atoms with Gasteiger partial charge in [0, 0.05) is 6.54 Å². The summed E-state index contributed by atoms with van der Waals surface area (Å²) in [7, 11) is 0. The second-order valence-corrected chi connectivity index (χ2v) is 6.29. The third-order valence-corrected chi connectivity index (χ3v) is 4.08. The van der Waals surface area contributed by atoms with E-state index in [2.05, 4.69) is 27.5 Å². The summed E-state index contributed by atoms with van der Waals surface area (Å²) < 4.78 is 5.87. The molecule has 0 unspecified atom stereocenters. The highest BCUT2D eigenvalue weighted by atomic mass is 16.5. The lowest BCUT2D eigenvalue weighted by molar-refractivity contribution is 0.102. The molecule has 2 aromatic carbocycles. The van der Waals surface area contributed by atoms with Crippen LogP contribution in [0.5, 0.6) is 11.5 Å². The van der Waals surface area contributed by atoms with Gasteiger partial charge in [-0.3, -0.25) is 4.79 Å². The number of carbonyl (C=O) groups excluding carboxylic acids is 1. The minimum absolute atomic E-state index is 0.244. The predicted molar refractivity (Wildman–Crippen MR) is 111 cm³/mol. The van der Waals surface area contributed by atoms with Crippen molar-refractivity contribution in [3.8, 4) is 11.5 Å². The highest BCUT2D eigenvalue weighted by Gasteiger charge is 2.12. The van der Waals surface area contributed by atoms with Gasteiger partial charge in [-0.1, -0.05) is 50.1 Å². The minimum Gasteiger partial charge on any atom is -0.455 e. The van der Waals surface area contributed by atoms with Crippen molar-refractivity contribution in [1.82, 2.24) is 9.97 Å². The Morgan fingerprint density at radius 2 is 1.75 bits per heavy atom. The van der Waals surface area contributed by atoms with Crippen LogP contribution in [0.15, 0.2) is 67.0 Å². The number of ether oxygens (including phenoxy) is 1. The van der Waals surface area contributed by atoms with Crippen molar-refractivity contribution in [3.63, 3.8) is 0 Å². The van der Waals surface area contributed by atoms with E-state index in [4.69, 9.17) is 4.74 Å². The molecular weight excluding hydrogens is 352 g/mol. The Kier molecular flexibility index (Phi) is 6.95. The molecule has 6 heteroatoms. The average molecular weight is 376 g/mol. The molecule has 0 atom stereocenters. The lowest BCUT2D eigenvalue weighted by Gasteiger charge is -2.12. The van der Waals surface area contributed by atoms with Crippen molar-refractivity contribution in [3.05, 3.63) is 72.7 Å². The van der Waals surface area contributed by atoms with E-state index in [0.29, 0.717) is 23.0 Å². The molecule has 1 heterocycles. The molecule has 28 heavy (non-hydrogen) atoms. The lowest BCUT2D eigenvalue weighted by atomic mass is 10.2. The predicted octanol–water partition coefficient (Wildman–Crippen LogP) is 5.12. The van der Waals surface area contributed by atoms with Crippen LogP contribution < -0.4 is 15.4 Å². The largest absolute Gasteiger partial charge is 0.455 e. The van der Waals surface area contributed by atoms with Gasteiger partial charge in [-0.15, -0.1) is 0 Å². The van der Waals surface area contributed by atoms with Crippen LogP contribution in [0.25, 0.3) is 0 Å². The monoisotopic (exact) mass is 376 g/mol. The summed E-state index contributed by atoms with van der Waals surface area (Å²) in [6.07, 6.45) is 6.47. The fourth-order valence-corrected chi connectivity index (χ4v) is 2.59.